The summed E-state index contributed by atoms with van der Waals surface area (Å²) in [4.78, 5) is 11.2. The molecule has 1 aromatic carbocycles. The van der Waals surface area contributed by atoms with Crippen molar-refractivity contribution in [3.8, 4) is 0 Å². The lowest BCUT2D eigenvalue weighted by molar-refractivity contribution is -0.148. The second-order valence-electron chi connectivity index (χ2n) is 3.77. The number of aryl methyl sites for hydroxylation is 1. The van der Waals surface area contributed by atoms with E-state index < -0.39 is 0 Å². The summed E-state index contributed by atoms with van der Waals surface area (Å²) < 4.78 is 5.28. The van der Waals surface area contributed by atoms with Crippen molar-refractivity contribution in [1.82, 2.24) is 0 Å². The highest BCUT2D eigenvalue weighted by Gasteiger charge is 2.12. The third kappa shape index (κ3) is 2.82. The molecule has 1 atom stereocenters. The molecule has 2 nitrogen and oxygen atoms in total. The minimum atomic E-state index is -0.155. The second kappa shape index (κ2) is 4.96. The van der Waals surface area contributed by atoms with Crippen molar-refractivity contribution in [3.63, 3.8) is 0 Å². The maximum absolute atomic E-state index is 11.2. The molecule has 0 aromatic heterocycles. The van der Waals surface area contributed by atoms with E-state index in [4.69, 9.17) is 4.74 Å². The summed E-state index contributed by atoms with van der Waals surface area (Å²) >= 11 is 0. The van der Waals surface area contributed by atoms with Crippen LogP contribution < -0.4 is 0 Å². The number of esters is 1. The van der Waals surface area contributed by atoms with E-state index in [1.807, 2.05) is 19.1 Å². The molecule has 0 saturated heterocycles. The first-order chi connectivity index (χ1) is 7.06. The van der Waals surface area contributed by atoms with Crippen LogP contribution in [0.4, 0.5) is 0 Å². The molecule has 0 aliphatic rings. The number of hydrogen-bond acceptors (Lipinski definition) is 2. The highest BCUT2D eigenvalue weighted by atomic mass is 16.5. The van der Waals surface area contributed by atoms with Crippen LogP contribution in [0.25, 0.3) is 0 Å². The van der Waals surface area contributed by atoms with E-state index in [0.717, 1.165) is 5.56 Å². The fraction of sp³-hybridized carbons (Fsp3) is 0.462. The van der Waals surface area contributed by atoms with E-state index in [1.165, 1.54) is 11.1 Å². The van der Waals surface area contributed by atoms with Gasteiger partial charge in [-0.15, -0.1) is 0 Å². The van der Waals surface area contributed by atoms with Gasteiger partial charge in [0.2, 0.25) is 0 Å². The summed E-state index contributed by atoms with van der Waals surface area (Å²) in [6.07, 6.45) is 0.271. The van der Waals surface area contributed by atoms with Crippen molar-refractivity contribution in [2.24, 2.45) is 0 Å². The molecule has 2 heteroatoms. The van der Waals surface area contributed by atoms with Crippen molar-refractivity contribution in [2.75, 3.05) is 0 Å². The first-order valence-corrected chi connectivity index (χ1v) is 5.31. The first kappa shape index (κ1) is 11.8. The zero-order chi connectivity index (χ0) is 11.4. The molecule has 0 aliphatic heterocycles. The van der Waals surface area contributed by atoms with Crippen LogP contribution in [-0.2, 0) is 9.53 Å². The Kier molecular flexibility index (Phi) is 3.89. The van der Waals surface area contributed by atoms with Gasteiger partial charge in [0.25, 0.3) is 0 Å². The van der Waals surface area contributed by atoms with Crippen LogP contribution in [0.15, 0.2) is 18.2 Å². The van der Waals surface area contributed by atoms with E-state index >= 15 is 0 Å². The van der Waals surface area contributed by atoms with Crippen molar-refractivity contribution < 1.29 is 9.53 Å². The Hall–Kier alpha value is -1.31. The zero-order valence-electron chi connectivity index (χ0n) is 9.83. The van der Waals surface area contributed by atoms with Crippen LogP contribution in [-0.4, -0.2) is 5.97 Å². The predicted molar refractivity (Wildman–Crippen MR) is 60.7 cm³/mol. The Bertz CT molecular complexity index is 356. The first-order valence-electron chi connectivity index (χ1n) is 5.31. The van der Waals surface area contributed by atoms with Gasteiger partial charge in [-0.25, -0.2) is 0 Å². The van der Waals surface area contributed by atoms with Crippen LogP contribution in [0.3, 0.4) is 0 Å². The van der Waals surface area contributed by atoms with Gasteiger partial charge < -0.3 is 4.74 Å². The molecule has 82 valence electrons. The van der Waals surface area contributed by atoms with Crippen LogP contribution in [0.5, 0.6) is 0 Å². The third-order valence-corrected chi connectivity index (χ3v) is 2.68. The van der Waals surface area contributed by atoms with E-state index in [1.54, 1.807) is 6.92 Å². The number of rotatable bonds is 3. The zero-order valence-corrected chi connectivity index (χ0v) is 9.83. The molecule has 0 radical (unpaired) electrons. The van der Waals surface area contributed by atoms with Crippen LogP contribution >= 0.6 is 0 Å². The quantitative estimate of drug-likeness (QED) is 0.709. The van der Waals surface area contributed by atoms with Crippen LogP contribution in [0.1, 0.15) is 43.1 Å². The Morgan fingerprint density at radius 1 is 1.40 bits per heavy atom. The molecule has 1 unspecified atom stereocenters. The van der Waals surface area contributed by atoms with Gasteiger partial charge in [-0.05, 0) is 37.5 Å². The maximum atomic E-state index is 11.2. The summed E-state index contributed by atoms with van der Waals surface area (Å²) in [5, 5.41) is 0. The number of carbonyl (C=O) groups is 1. The molecule has 0 saturated carbocycles. The number of hydrogen-bond donors (Lipinski definition) is 0. The van der Waals surface area contributed by atoms with Crippen molar-refractivity contribution in [1.29, 1.82) is 0 Å². The Morgan fingerprint density at radius 2 is 2.07 bits per heavy atom. The highest BCUT2D eigenvalue weighted by molar-refractivity contribution is 5.69. The second-order valence-corrected chi connectivity index (χ2v) is 3.77. The summed E-state index contributed by atoms with van der Waals surface area (Å²) in [5.74, 6) is -0.150. The highest BCUT2D eigenvalue weighted by Crippen LogP contribution is 2.23. The molecular weight excluding hydrogens is 188 g/mol. The standard InChI is InChI=1S/C13H18O2/c1-5-13(14)15-11(4)12-8-6-7-9(2)10(12)3/h6-8,11H,5H2,1-4H3. The Morgan fingerprint density at radius 3 is 2.67 bits per heavy atom. The molecular formula is C13H18O2. The van der Waals surface area contributed by atoms with E-state index in [-0.39, 0.29) is 12.1 Å². The minimum Gasteiger partial charge on any atom is -0.458 e. The molecule has 1 aromatic rings. The molecule has 0 heterocycles. The summed E-state index contributed by atoms with van der Waals surface area (Å²) in [7, 11) is 0. The van der Waals surface area contributed by atoms with Gasteiger partial charge in [0.05, 0.1) is 0 Å². The van der Waals surface area contributed by atoms with Crippen molar-refractivity contribution in [2.45, 2.75) is 40.2 Å². The Balaban J connectivity index is 2.86. The lowest BCUT2D eigenvalue weighted by atomic mass is 10.00. The maximum Gasteiger partial charge on any atom is 0.306 e. The van der Waals surface area contributed by atoms with Gasteiger partial charge in [-0.2, -0.15) is 0 Å². The fourth-order valence-electron chi connectivity index (χ4n) is 1.56. The summed E-state index contributed by atoms with van der Waals surface area (Å²) in [6.45, 7) is 7.83. The van der Waals surface area contributed by atoms with Gasteiger partial charge >= 0.3 is 5.97 Å². The monoisotopic (exact) mass is 206 g/mol. The molecule has 0 amide bonds. The van der Waals surface area contributed by atoms with Gasteiger partial charge in [0, 0.05) is 6.42 Å². The predicted octanol–water partition coefficient (Wildman–Crippen LogP) is 3.32. The SMILES string of the molecule is CCC(=O)OC(C)c1cccc(C)c1C. The number of benzene rings is 1. The molecule has 0 N–H and O–H groups in total. The van der Waals surface area contributed by atoms with Gasteiger partial charge in [-0.1, -0.05) is 25.1 Å². The lowest BCUT2D eigenvalue weighted by Crippen LogP contribution is -2.08. The number of carbonyl (C=O) groups excluding carboxylic acids is 1. The average molecular weight is 206 g/mol. The summed E-state index contributed by atoms with van der Waals surface area (Å²) in [6, 6.07) is 6.07. The molecule has 0 spiro atoms. The van der Waals surface area contributed by atoms with E-state index in [9.17, 15) is 4.79 Å². The van der Waals surface area contributed by atoms with E-state index in [2.05, 4.69) is 19.9 Å². The third-order valence-electron chi connectivity index (χ3n) is 2.68. The molecule has 0 bridgehead atoms. The van der Waals surface area contributed by atoms with Crippen LogP contribution in [0, 0.1) is 13.8 Å². The minimum absolute atomic E-state index is 0.150. The average Bonchev–Trinajstić information content (AvgIpc) is 2.21. The Labute approximate surface area is 91.3 Å². The molecule has 0 fully saturated rings. The van der Waals surface area contributed by atoms with Gasteiger partial charge in [-0.3, -0.25) is 4.79 Å². The molecule has 1 rings (SSSR count). The van der Waals surface area contributed by atoms with Crippen molar-refractivity contribution >= 4 is 5.97 Å². The largest absolute Gasteiger partial charge is 0.458 e. The lowest BCUT2D eigenvalue weighted by Gasteiger charge is -2.16. The van der Waals surface area contributed by atoms with Crippen molar-refractivity contribution in [3.05, 3.63) is 34.9 Å². The van der Waals surface area contributed by atoms with Gasteiger partial charge in [0.1, 0.15) is 6.10 Å². The number of ether oxygens (including phenoxy) is 1. The molecule has 15 heavy (non-hydrogen) atoms. The van der Waals surface area contributed by atoms with E-state index in [0.29, 0.717) is 6.42 Å². The molecule has 0 aliphatic carbocycles. The summed E-state index contributed by atoms with van der Waals surface area (Å²) in [5.41, 5.74) is 3.53. The normalized spacial score (nSPS) is 12.3. The smallest absolute Gasteiger partial charge is 0.306 e. The fourth-order valence-corrected chi connectivity index (χ4v) is 1.56. The van der Waals surface area contributed by atoms with Gasteiger partial charge in [0.15, 0.2) is 0 Å². The van der Waals surface area contributed by atoms with Crippen LogP contribution in [0.2, 0.25) is 0 Å². The topological polar surface area (TPSA) is 26.3 Å².